The fourth-order valence-electron chi connectivity index (χ4n) is 1.24. The van der Waals surface area contributed by atoms with E-state index < -0.39 is 19.1 Å². The summed E-state index contributed by atoms with van der Waals surface area (Å²) in [7, 11) is 1.06. The SMILES string of the molecule is O=[N+]([O-])c1cccc(-c2n[nH]c(S(=O)(=O)Cl)n2)c1. The second-order valence-electron chi connectivity index (χ2n) is 3.21. The molecule has 2 rings (SSSR count). The van der Waals surface area contributed by atoms with Crippen molar-refractivity contribution in [1.82, 2.24) is 15.2 Å². The number of rotatable bonds is 3. The molecule has 1 aromatic heterocycles. The van der Waals surface area contributed by atoms with E-state index >= 15 is 0 Å². The molecule has 0 bridgehead atoms. The molecule has 0 unspecified atom stereocenters. The summed E-state index contributed by atoms with van der Waals surface area (Å²) in [5.74, 6) is 0.0120. The quantitative estimate of drug-likeness (QED) is 0.516. The van der Waals surface area contributed by atoms with Gasteiger partial charge >= 0.3 is 0 Å². The number of H-pyrrole nitrogens is 1. The first-order valence-electron chi connectivity index (χ1n) is 4.50. The minimum atomic E-state index is -4.01. The fourth-order valence-corrected chi connectivity index (χ4v) is 1.80. The summed E-state index contributed by atoms with van der Waals surface area (Å²) in [5.41, 5.74) is 0.166. The van der Waals surface area contributed by atoms with E-state index in [0.29, 0.717) is 5.56 Å². The largest absolute Gasteiger partial charge is 0.296 e. The van der Waals surface area contributed by atoms with Crippen LogP contribution in [0.3, 0.4) is 0 Å². The van der Waals surface area contributed by atoms with E-state index in [2.05, 4.69) is 15.2 Å². The van der Waals surface area contributed by atoms with Crippen molar-refractivity contribution in [2.45, 2.75) is 5.16 Å². The smallest absolute Gasteiger partial charge is 0.258 e. The molecule has 10 heteroatoms. The Morgan fingerprint density at radius 3 is 2.67 bits per heavy atom. The van der Waals surface area contributed by atoms with Gasteiger partial charge in [-0.25, -0.2) is 13.5 Å². The van der Waals surface area contributed by atoms with Gasteiger partial charge in [-0.2, -0.15) is 10.1 Å². The molecule has 0 atom stereocenters. The number of nitro groups is 1. The predicted molar refractivity (Wildman–Crippen MR) is 61.5 cm³/mol. The van der Waals surface area contributed by atoms with Gasteiger partial charge in [-0.3, -0.25) is 10.1 Å². The first kappa shape index (κ1) is 12.5. The maximum atomic E-state index is 11.0. The van der Waals surface area contributed by atoms with Crippen molar-refractivity contribution in [3.63, 3.8) is 0 Å². The lowest BCUT2D eigenvalue weighted by Crippen LogP contribution is -1.93. The Balaban J connectivity index is 2.46. The molecule has 0 aliphatic carbocycles. The third kappa shape index (κ3) is 2.46. The van der Waals surface area contributed by atoms with Gasteiger partial charge in [-0.1, -0.05) is 12.1 Å². The molecule has 1 aromatic carbocycles. The summed E-state index contributed by atoms with van der Waals surface area (Å²) in [6.07, 6.45) is 0. The van der Waals surface area contributed by atoms with Crippen LogP contribution in [0, 0.1) is 10.1 Å². The molecule has 0 radical (unpaired) electrons. The minimum Gasteiger partial charge on any atom is -0.258 e. The Bertz CT molecular complexity index is 711. The number of aromatic amines is 1. The molecule has 18 heavy (non-hydrogen) atoms. The van der Waals surface area contributed by atoms with Crippen LogP contribution < -0.4 is 0 Å². The molecule has 0 saturated heterocycles. The van der Waals surface area contributed by atoms with E-state index in [1.54, 1.807) is 0 Å². The van der Waals surface area contributed by atoms with Crippen molar-refractivity contribution in [1.29, 1.82) is 0 Å². The van der Waals surface area contributed by atoms with Crippen LogP contribution in [0.25, 0.3) is 11.4 Å². The second-order valence-corrected chi connectivity index (χ2v) is 5.69. The van der Waals surface area contributed by atoms with E-state index in [1.165, 1.54) is 24.3 Å². The second kappa shape index (κ2) is 4.35. The van der Waals surface area contributed by atoms with Gasteiger partial charge in [0.05, 0.1) is 4.92 Å². The maximum absolute atomic E-state index is 11.0. The van der Waals surface area contributed by atoms with Crippen molar-refractivity contribution in [2.24, 2.45) is 0 Å². The molecule has 0 fully saturated rings. The highest BCUT2D eigenvalue weighted by Crippen LogP contribution is 2.21. The zero-order valence-electron chi connectivity index (χ0n) is 8.57. The van der Waals surface area contributed by atoms with Crippen LogP contribution in [0.4, 0.5) is 5.69 Å². The molecule has 2 aromatic rings. The zero-order valence-corrected chi connectivity index (χ0v) is 10.1. The van der Waals surface area contributed by atoms with Gasteiger partial charge in [-0.05, 0) is 0 Å². The molecule has 1 heterocycles. The number of aromatic nitrogens is 3. The molecular formula is C8H5ClN4O4S. The number of nitrogens with zero attached hydrogens (tertiary/aromatic N) is 3. The Morgan fingerprint density at radius 2 is 2.11 bits per heavy atom. The Labute approximate surface area is 105 Å². The lowest BCUT2D eigenvalue weighted by atomic mass is 10.2. The number of halogens is 1. The summed E-state index contributed by atoms with van der Waals surface area (Å²) >= 11 is 0. The van der Waals surface area contributed by atoms with Crippen molar-refractivity contribution in [3.8, 4) is 11.4 Å². The number of benzene rings is 1. The Hall–Kier alpha value is -2.00. The van der Waals surface area contributed by atoms with Crippen LogP contribution in [-0.2, 0) is 9.05 Å². The van der Waals surface area contributed by atoms with Crippen LogP contribution in [0.5, 0.6) is 0 Å². The summed E-state index contributed by atoms with van der Waals surface area (Å²) in [5, 5.41) is 15.9. The van der Waals surface area contributed by atoms with Gasteiger partial charge in [0.2, 0.25) is 0 Å². The predicted octanol–water partition coefficient (Wildman–Crippen LogP) is 1.31. The highest BCUT2D eigenvalue weighted by molar-refractivity contribution is 8.13. The highest BCUT2D eigenvalue weighted by Gasteiger charge is 2.17. The zero-order chi connectivity index (χ0) is 13.3. The Kier molecular flexibility index (Phi) is 3.01. The van der Waals surface area contributed by atoms with Gasteiger partial charge in [-0.15, -0.1) is 0 Å². The normalized spacial score (nSPS) is 11.4. The van der Waals surface area contributed by atoms with Crippen molar-refractivity contribution >= 4 is 25.4 Å². The summed E-state index contributed by atoms with van der Waals surface area (Å²) in [6, 6.07) is 5.49. The van der Waals surface area contributed by atoms with E-state index in [0.717, 1.165) is 0 Å². The van der Waals surface area contributed by atoms with Crippen LogP contribution in [-0.4, -0.2) is 28.5 Å². The average Bonchev–Trinajstić information content (AvgIpc) is 2.78. The third-order valence-corrected chi connectivity index (χ3v) is 3.09. The molecule has 1 N–H and O–H groups in total. The fraction of sp³-hybridized carbons (Fsp3) is 0. The van der Waals surface area contributed by atoms with Gasteiger partial charge in [0.15, 0.2) is 5.82 Å². The van der Waals surface area contributed by atoms with E-state index in [1.807, 2.05) is 0 Å². The topological polar surface area (TPSA) is 119 Å². The summed E-state index contributed by atoms with van der Waals surface area (Å²) in [4.78, 5) is 13.7. The van der Waals surface area contributed by atoms with E-state index in [4.69, 9.17) is 10.7 Å². The lowest BCUT2D eigenvalue weighted by Gasteiger charge is -1.94. The molecule has 94 valence electrons. The van der Waals surface area contributed by atoms with Gasteiger partial charge < -0.3 is 0 Å². The highest BCUT2D eigenvalue weighted by atomic mass is 35.7. The molecule has 0 aliphatic heterocycles. The molecule has 0 spiro atoms. The monoisotopic (exact) mass is 288 g/mol. The molecule has 0 aliphatic rings. The summed E-state index contributed by atoms with van der Waals surface area (Å²) < 4.78 is 22.0. The number of non-ortho nitro benzene ring substituents is 1. The number of hydrogen-bond donors (Lipinski definition) is 1. The van der Waals surface area contributed by atoms with E-state index in [9.17, 15) is 18.5 Å². The lowest BCUT2D eigenvalue weighted by molar-refractivity contribution is -0.384. The Morgan fingerprint density at radius 1 is 1.39 bits per heavy atom. The molecular weight excluding hydrogens is 284 g/mol. The van der Waals surface area contributed by atoms with Crippen molar-refractivity contribution in [3.05, 3.63) is 34.4 Å². The maximum Gasteiger partial charge on any atom is 0.296 e. The number of nitrogens with one attached hydrogen (secondary N) is 1. The van der Waals surface area contributed by atoms with Crippen molar-refractivity contribution in [2.75, 3.05) is 0 Å². The van der Waals surface area contributed by atoms with Crippen LogP contribution in [0.1, 0.15) is 0 Å². The van der Waals surface area contributed by atoms with Gasteiger partial charge in [0.1, 0.15) is 0 Å². The first-order valence-corrected chi connectivity index (χ1v) is 6.81. The van der Waals surface area contributed by atoms with Crippen LogP contribution >= 0.6 is 10.7 Å². The van der Waals surface area contributed by atoms with Gasteiger partial charge in [0.25, 0.3) is 19.9 Å². The number of hydrogen-bond acceptors (Lipinski definition) is 6. The van der Waals surface area contributed by atoms with Crippen LogP contribution in [0.2, 0.25) is 0 Å². The molecule has 0 amide bonds. The standard InChI is InChI=1S/C8H5ClN4O4S/c9-18(16,17)8-10-7(11-12-8)5-2-1-3-6(4-5)13(14)15/h1-4H,(H,10,11,12). The van der Waals surface area contributed by atoms with Crippen molar-refractivity contribution < 1.29 is 13.3 Å². The average molecular weight is 289 g/mol. The molecule has 8 nitrogen and oxygen atoms in total. The third-order valence-electron chi connectivity index (χ3n) is 2.01. The first-order chi connectivity index (χ1) is 8.38. The van der Waals surface area contributed by atoms with Gasteiger partial charge in [0, 0.05) is 28.4 Å². The molecule has 0 saturated carbocycles. The van der Waals surface area contributed by atoms with E-state index in [-0.39, 0.29) is 11.5 Å². The minimum absolute atomic E-state index is 0.0120. The number of nitro benzene ring substituents is 1. The van der Waals surface area contributed by atoms with Crippen LogP contribution in [0.15, 0.2) is 29.4 Å². The summed E-state index contributed by atoms with van der Waals surface area (Å²) in [6.45, 7) is 0.